The number of hydrogen-bond acceptors (Lipinski definition) is 2. The second-order valence-corrected chi connectivity index (χ2v) is 4.03. The van der Waals surface area contributed by atoms with Crippen molar-refractivity contribution in [2.75, 3.05) is 18.4 Å². The van der Waals surface area contributed by atoms with E-state index in [1.54, 1.807) is 0 Å². The molecule has 1 heterocycles. The van der Waals surface area contributed by atoms with Crippen LogP contribution in [0, 0.1) is 0 Å². The minimum Gasteiger partial charge on any atom is -0.342 e. The standard InChI is InChI=1S/C11H12Cl2O2/c12-6-10-7-14-11(8-13,15-10)9-4-2-1-3-5-9/h1-5,10H,6-8H2/t10-,11+/m1/s1. The number of hydrogen-bond donors (Lipinski definition) is 0. The maximum atomic E-state index is 5.93. The summed E-state index contributed by atoms with van der Waals surface area (Å²) in [6, 6.07) is 9.70. The van der Waals surface area contributed by atoms with Crippen molar-refractivity contribution in [2.24, 2.45) is 0 Å². The maximum Gasteiger partial charge on any atom is 0.209 e. The summed E-state index contributed by atoms with van der Waals surface area (Å²) in [5.41, 5.74) is 0.938. The Morgan fingerprint density at radius 2 is 2.00 bits per heavy atom. The molecule has 0 radical (unpaired) electrons. The molecular formula is C11H12Cl2O2. The van der Waals surface area contributed by atoms with Gasteiger partial charge >= 0.3 is 0 Å². The van der Waals surface area contributed by atoms with Gasteiger partial charge in [-0.15, -0.1) is 23.2 Å². The summed E-state index contributed by atoms with van der Waals surface area (Å²) in [4.78, 5) is 0. The van der Waals surface area contributed by atoms with Crippen LogP contribution >= 0.6 is 23.2 Å². The quantitative estimate of drug-likeness (QED) is 0.764. The molecule has 2 nitrogen and oxygen atoms in total. The van der Waals surface area contributed by atoms with Gasteiger partial charge in [-0.3, -0.25) is 0 Å². The fraction of sp³-hybridized carbons (Fsp3) is 0.455. The Kier molecular flexibility index (Phi) is 3.52. The molecule has 1 fully saturated rings. The smallest absolute Gasteiger partial charge is 0.209 e. The topological polar surface area (TPSA) is 18.5 Å². The minimum absolute atomic E-state index is 0.0781. The molecule has 2 rings (SSSR count). The number of alkyl halides is 2. The van der Waals surface area contributed by atoms with Crippen molar-refractivity contribution in [3.8, 4) is 0 Å². The Morgan fingerprint density at radius 1 is 1.27 bits per heavy atom. The lowest BCUT2D eigenvalue weighted by Crippen LogP contribution is -2.30. The lowest BCUT2D eigenvalue weighted by molar-refractivity contribution is -0.156. The molecule has 1 aromatic carbocycles. The van der Waals surface area contributed by atoms with E-state index in [1.807, 2.05) is 30.3 Å². The summed E-state index contributed by atoms with van der Waals surface area (Å²) in [7, 11) is 0. The van der Waals surface area contributed by atoms with Gasteiger partial charge in [0.05, 0.1) is 24.5 Å². The number of rotatable bonds is 3. The van der Waals surface area contributed by atoms with Crippen LogP contribution in [-0.4, -0.2) is 24.5 Å². The largest absolute Gasteiger partial charge is 0.342 e. The lowest BCUT2D eigenvalue weighted by atomic mass is 10.1. The summed E-state index contributed by atoms with van der Waals surface area (Å²) in [6.07, 6.45) is -0.0781. The first kappa shape index (κ1) is 11.2. The van der Waals surface area contributed by atoms with Crippen LogP contribution in [0.3, 0.4) is 0 Å². The van der Waals surface area contributed by atoms with Crippen LogP contribution in [0.25, 0.3) is 0 Å². The van der Waals surface area contributed by atoms with Gasteiger partial charge in [0.25, 0.3) is 0 Å². The van der Waals surface area contributed by atoms with E-state index in [4.69, 9.17) is 32.7 Å². The molecule has 0 amide bonds. The van der Waals surface area contributed by atoms with Crippen molar-refractivity contribution in [3.63, 3.8) is 0 Å². The zero-order chi connectivity index (χ0) is 10.7. The van der Waals surface area contributed by atoms with Crippen molar-refractivity contribution >= 4 is 23.2 Å². The van der Waals surface area contributed by atoms with Gasteiger partial charge in [-0.2, -0.15) is 0 Å². The highest BCUT2D eigenvalue weighted by Crippen LogP contribution is 2.35. The maximum absolute atomic E-state index is 5.93. The Morgan fingerprint density at radius 3 is 2.53 bits per heavy atom. The molecule has 1 aliphatic heterocycles. The molecule has 82 valence electrons. The third-order valence-electron chi connectivity index (χ3n) is 2.42. The third-order valence-corrected chi connectivity index (χ3v) is 3.12. The van der Waals surface area contributed by atoms with Crippen LogP contribution in [0.15, 0.2) is 30.3 Å². The number of benzene rings is 1. The molecule has 0 saturated carbocycles. The average Bonchev–Trinajstić information content (AvgIpc) is 2.75. The van der Waals surface area contributed by atoms with E-state index >= 15 is 0 Å². The van der Waals surface area contributed by atoms with Crippen LogP contribution in [0.1, 0.15) is 5.56 Å². The lowest BCUT2D eigenvalue weighted by Gasteiger charge is -2.25. The highest BCUT2D eigenvalue weighted by molar-refractivity contribution is 6.18. The normalized spacial score (nSPS) is 30.7. The molecular weight excluding hydrogens is 235 g/mol. The molecule has 1 saturated heterocycles. The summed E-state index contributed by atoms with van der Waals surface area (Å²) < 4.78 is 11.4. The molecule has 15 heavy (non-hydrogen) atoms. The summed E-state index contributed by atoms with van der Waals surface area (Å²) >= 11 is 11.7. The molecule has 2 atom stereocenters. The van der Waals surface area contributed by atoms with Gasteiger partial charge in [-0.05, 0) is 0 Å². The molecule has 0 aliphatic carbocycles. The van der Waals surface area contributed by atoms with E-state index in [9.17, 15) is 0 Å². The molecule has 0 bridgehead atoms. The van der Waals surface area contributed by atoms with E-state index in [1.165, 1.54) is 0 Å². The first-order valence-electron chi connectivity index (χ1n) is 4.80. The Labute approximate surface area is 99.1 Å². The molecule has 0 unspecified atom stereocenters. The molecule has 1 aromatic rings. The van der Waals surface area contributed by atoms with Crippen molar-refractivity contribution in [1.82, 2.24) is 0 Å². The Hall–Kier alpha value is -0.280. The van der Waals surface area contributed by atoms with Crippen LogP contribution in [0.5, 0.6) is 0 Å². The van der Waals surface area contributed by atoms with Gasteiger partial charge < -0.3 is 9.47 Å². The van der Waals surface area contributed by atoms with Gasteiger partial charge in [0.2, 0.25) is 5.79 Å². The highest BCUT2D eigenvalue weighted by atomic mass is 35.5. The van der Waals surface area contributed by atoms with E-state index in [0.717, 1.165) is 5.56 Å². The fourth-order valence-electron chi connectivity index (χ4n) is 1.63. The Balaban J connectivity index is 2.24. The van der Waals surface area contributed by atoms with Gasteiger partial charge in [0.1, 0.15) is 0 Å². The molecule has 4 heteroatoms. The first-order valence-corrected chi connectivity index (χ1v) is 5.87. The SMILES string of the molecule is ClC[C@@H]1CO[C@](CCl)(c2ccccc2)O1. The molecule has 0 aromatic heterocycles. The van der Waals surface area contributed by atoms with Crippen molar-refractivity contribution in [1.29, 1.82) is 0 Å². The summed E-state index contributed by atoms with van der Waals surface area (Å²) in [6.45, 7) is 0.491. The summed E-state index contributed by atoms with van der Waals surface area (Å²) in [5.74, 6) is -0.127. The van der Waals surface area contributed by atoms with Crippen molar-refractivity contribution in [2.45, 2.75) is 11.9 Å². The zero-order valence-electron chi connectivity index (χ0n) is 8.16. The third kappa shape index (κ3) is 2.13. The number of ether oxygens (including phenoxy) is 2. The van der Waals surface area contributed by atoms with Crippen LogP contribution in [0.4, 0.5) is 0 Å². The minimum atomic E-state index is -0.817. The van der Waals surface area contributed by atoms with Crippen LogP contribution < -0.4 is 0 Å². The van der Waals surface area contributed by atoms with E-state index in [0.29, 0.717) is 12.5 Å². The second-order valence-electron chi connectivity index (χ2n) is 3.46. The van der Waals surface area contributed by atoms with E-state index in [2.05, 4.69) is 0 Å². The first-order chi connectivity index (χ1) is 7.30. The monoisotopic (exact) mass is 246 g/mol. The molecule has 1 aliphatic rings. The van der Waals surface area contributed by atoms with Gasteiger partial charge in [-0.25, -0.2) is 0 Å². The van der Waals surface area contributed by atoms with Gasteiger partial charge in [-0.1, -0.05) is 30.3 Å². The van der Waals surface area contributed by atoms with E-state index in [-0.39, 0.29) is 12.0 Å². The zero-order valence-corrected chi connectivity index (χ0v) is 9.67. The predicted octanol–water partition coefficient (Wildman–Crippen LogP) is 2.73. The van der Waals surface area contributed by atoms with Crippen molar-refractivity contribution in [3.05, 3.63) is 35.9 Å². The highest BCUT2D eigenvalue weighted by Gasteiger charge is 2.42. The second kappa shape index (κ2) is 4.71. The van der Waals surface area contributed by atoms with Crippen LogP contribution in [-0.2, 0) is 15.3 Å². The molecule has 0 N–H and O–H groups in total. The number of halogens is 2. The Bertz CT molecular complexity index is 318. The molecule has 0 spiro atoms. The predicted molar refractivity (Wildman–Crippen MR) is 60.4 cm³/mol. The van der Waals surface area contributed by atoms with E-state index < -0.39 is 5.79 Å². The summed E-state index contributed by atoms with van der Waals surface area (Å²) in [5, 5.41) is 0. The van der Waals surface area contributed by atoms with Gasteiger partial charge in [0.15, 0.2) is 0 Å². The average molecular weight is 247 g/mol. The fourth-order valence-corrected chi connectivity index (χ4v) is 2.08. The van der Waals surface area contributed by atoms with Crippen molar-refractivity contribution < 1.29 is 9.47 Å². The van der Waals surface area contributed by atoms with Crippen LogP contribution in [0.2, 0.25) is 0 Å². The van der Waals surface area contributed by atoms with Gasteiger partial charge in [0, 0.05) is 5.56 Å².